The largest absolute Gasteiger partial charge is 0.496 e. The van der Waals surface area contributed by atoms with Crippen molar-refractivity contribution in [3.05, 3.63) is 59.2 Å². The Labute approximate surface area is 140 Å². The first-order chi connectivity index (χ1) is 11.5. The van der Waals surface area contributed by atoms with Crippen LogP contribution in [0.4, 0.5) is 0 Å². The quantitative estimate of drug-likeness (QED) is 0.825. The topological polar surface area (TPSA) is 76.7 Å². The molecule has 2 aromatic carbocycles. The number of hydrogen-bond acceptors (Lipinski definition) is 4. The van der Waals surface area contributed by atoms with Gasteiger partial charge in [-0.15, -0.1) is 0 Å². The molecular formula is C18H20N2O4. The highest BCUT2D eigenvalue weighted by atomic mass is 16.5. The molecule has 2 amide bonds. The van der Waals surface area contributed by atoms with E-state index in [0.717, 1.165) is 11.1 Å². The molecule has 0 aliphatic carbocycles. The molecule has 6 heteroatoms. The predicted molar refractivity (Wildman–Crippen MR) is 90.0 cm³/mol. The van der Waals surface area contributed by atoms with Crippen LogP contribution in [-0.4, -0.2) is 25.5 Å². The van der Waals surface area contributed by atoms with Crippen molar-refractivity contribution in [2.75, 3.05) is 13.7 Å². The average molecular weight is 328 g/mol. The van der Waals surface area contributed by atoms with Gasteiger partial charge in [-0.25, -0.2) is 0 Å². The third-order valence-electron chi connectivity index (χ3n) is 3.42. The van der Waals surface area contributed by atoms with E-state index in [-0.39, 0.29) is 6.61 Å². The van der Waals surface area contributed by atoms with Crippen molar-refractivity contribution >= 4 is 11.8 Å². The van der Waals surface area contributed by atoms with E-state index in [9.17, 15) is 9.59 Å². The van der Waals surface area contributed by atoms with Crippen LogP contribution in [0.2, 0.25) is 0 Å². The maximum Gasteiger partial charge on any atom is 0.276 e. The van der Waals surface area contributed by atoms with E-state index in [2.05, 4.69) is 10.9 Å². The molecule has 0 heterocycles. The third-order valence-corrected chi connectivity index (χ3v) is 3.42. The van der Waals surface area contributed by atoms with Gasteiger partial charge < -0.3 is 9.47 Å². The summed E-state index contributed by atoms with van der Waals surface area (Å²) in [5.41, 5.74) is 6.88. The second-order valence-corrected chi connectivity index (χ2v) is 5.21. The number of carbonyl (C=O) groups is 2. The van der Waals surface area contributed by atoms with Gasteiger partial charge in [0, 0.05) is 0 Å². The van der Waals surface area contributed by atoms with Gasteiger partial charge >= 0.3 is 0 Å². The Morgan fingerprint density at radius 3 is 2.29 bits per heavy atom. The second-order valence-electron chi connectivity index (χ2n) is 5.21. The van der Waals surface area contributed by atoms with Crippen LogP contribution in [0.1, 0.15) is 21.5 Å². The molecule has 0 aromatic heterocycles. The van der Waals surface area contributed by atoms with Crippen molar-refractivity contribution in [1.29, 1.82) is 0 Å². The number of hydrazine groups is 1. The first-order valence-electron chi connectivity index (χ1n) is 7.44. The number of rotatable bonds is 5. The lowest BCUT2D eigenvalue weighted by Crippen LogP contribution is -2.44. The fraction of sp³-hybridized carbons (Fsp3) is 0.222. The maximum atomic E-state index is 12.1. The highest BCUT2D eigenvalue weighted by Gasteiger charge is 2.13. The zero-order valence-corrected chi connectivity index (χ0v) is 13.9. The minimum Gasteiger partial charge on any atom is -0.496 e. The van der Waals surface area contributed by atoms with Crippen LogP contribution in [0.5, 0.6) is 11.5 Å². The molecule has 2 rings (SSSR count). The number of ether oxygens (including phenoxy) is 2. The van der Waals surface area contributed by atoms with Crippen LogP contribution >= 0.6 is 0 Å². The van der Waals surface area contributed by atoms with Crippen molar-refractivity contribution in [2.24, 2.45) is 0 Å². The van der Waals surface area contributed by atoms with E-state index < -0.39 is 11.8 Å². The summed E-state index contributed by atoms with van der Waals surface area (Å²) in [6, 6.07) is 12.5. The van der Waals surface area contributed by atoms with E-state index in [4.69, 9.17) is 9.47 Å². The second kappa shape index (κ2) is 8.01. The predicted octanol–water partition coefficient (Wildman–Crippen LogP) is 2.15. The number of aryl methyl sites for hydroxylation is 2. The summed E-state index contributed by atoms with van der Waals surface area (Å²) in [6.45, 7) is 3.62. The Hall–Kier alpha value is -3.02. The summed E-state index contributed by atoms with van der Waals surface area (Å²) in [4.78, 5) is 23.9. The van der Waals surface area contributed by atoms with Crippen LogP contribution in [-0.2, 0) is 4.79 Å². The van der Waals surface area contributed by atoms with Gasteiger partial charge in [0.05, 0.1) is 12.7 Å². The summed E-state index contributed by atoms with van der Waals surface area (Å²) >= 11 is 0. The number of carbonyl (C=O) groups excluding carboxylic acids is 2. The summed E-state index contributed by atoms with van der Waals surface area (Å²) in [6.07, 6.45) is 0. The molecule has 0 radical (unpaired) electrons. The van der Waals surface area contributed by atoms with E-state index in [1.54, 1.807) is 24.3 Å². The minimum atomic E-state index is -0.465. The number of para-hydroxylation sites is 2. The molecular weight excluding hydrogens is 308 g/mol. The molecule has 2 N–H and O–H groups in total. The monoisotopic (exact) mass is 328 g/mol. The van der Waals surface area contributed by atoms with Gasteiger partial charge in [-0.3, -0.25) is 20.4 Å². The Morgan fingerprint density at radius 1 is 0.958 bits per heavy atom. The SMILES string of the molecule is COc1ccccc1C(=O)NNC(=O)COc1c(C)cccc1C. The van der Waals surface area contributed by atoms with Crippen LogP contribution in [0, 0.1) is 13.8 Å². The van der Waals surface area contributed by atoms with Crippen molar-refractivity contribution < 1.29 is 19.1 Å². The molecule has 0 unspecified atom stereocenters. The van der Waals surface area contributed by atoms with Crippen molar-refractivity contribution in [3.8, 4) is 11.5 Å². The van der Waals surface area contributed by atoms with Gasteiger partial charge in [-0.1, -0.05) is 30.3 Å². The number of nitrogens with one attached hydrogen (secondary N) is 2. The molecule has 0 saturated carbocycles. The van der Waals surface area contributed by atoms with Gasteiger partial charge in [0.1, 0.15) is 11.5 Å². The summed E-state index contributed by atoms with van der Waals surface area (Å²) in [7, 11) is 1.48. The van der Waals surface area contributed by atoms with Crippen LogP contribution < -0.4 is 20.3 Å². The lowest BCUT2D eigenvalue weighted by atomic mass is 10.1. The zero-order chi connectivity index (χ0) is 17.5. The molecule has 6 nitrogen and oxygen atoms in total. The Balaban J connectivity index is 1.88. The highest BCUT2D eigenvalue weighted by molar-refractivity contribution is 5.97. The fourth-order valence-corrected chi connectivity index (χ4v) is 2.23. The van der Waals surface area contributed by atoms with Gasteiger partial charge in [0.2, 0.25) is 0 Å². The van der Waals surface area contributed by atoms with E-state index in [0.29, 0.717) is 17.1 Å². The zero-order valence-electron chi connectivity index (χ0n) is 13.9. The van der Waals surface area contributed by atoms with Crippen LogP contribution in [0.25, 0.3) is 0 Å². The van der Waals surface area contributed by atoms with Gasteiger partial charge in [-0.2, -0.15) is 0 Å². The molecule has 0 spiro atoms. The molecule has 0 bridgehead atoms. The maximum absolute atomic E-state index is 12.1. The molecule has 0 aliphatic rings. The average Bonchev–Trinajstić information content (AvgIpc) is 2.59. The van der Waals surface area contributed by atoms with Gasteiger partial charge in [0.25, 0.3) is 11.8 Å². The fourth-order valence-electron chi connectivity index (χ4n) is 2.23. The highest BCUT2D eigenvalue weighted by Crippen LogP contribution is 2.22. The minimum absolute atomic E-state index is 0.197. The molecule has 2 aromatic rings. The number of hydrogen-bond donors (Lipinski definition) is 2. The van der Waals surface area contributed by atoms with Crippen molar-refractivity contribution in [3.63, 3.8) is 0 Å². The summed E-state index contributed by atoms with van der Waals surface area (Å²) < 4.78 is 10.6. The number of methoxy groups -OCH3 is 1. The van der Waals surface area contributed by atoms with E-state index >= 15 is 0 Å². The molecule has 0 aliphatic heterocycles. The van der Waals surface area contributed by atoms with Crippen LogP contribution in [0.15, 0.2) is 42.5 Å². The molecule has 126 valence electrons. The third kappa shape index (κ3) is 4.25. The first kappa shape index (κ1) is 17.3. The Kier molecular flexibility index (Phi) is 5.78. The first-order valence-corrected chi connectivity index (χ1v) is 7.44. The summed E-state index contributed by atoms with van der Waals surface area (Å²) in [5.74, 6) is 0.175. The van der Waals surface area contributed by atoms with Crippen molar-refractivity contribution in [1.82, 2.24) is 10.9 Å². The van der Waals surface area contributed by atoms with E-state index in [1.165, 1.54) is 7.11 Å². The molecule has 0 fully saturated rings. The van der Waals surface area contributed by atoms with Gasteiger partial charge in [0.15, 0.2) is 6.61 Å². The standard InChI is InChI=1S/C18H20N2O4/c1-12-7-6-8-13(2)17(12)24-11-16(21)19-20-18(22)14-9-4-5-10-15(14)23-3/h4-10H,11H2,1-3H3,(H,19,21)(H,20,22). The molecule has 24 heavy (non-hydrogen) atoms. The lowest BCUT2D eigenvalue weighted by Gasteiger charge is -2.13. The molecule has 0 saturated heterocycles. The lowest BCUT2D eigenvalue weighted by molar-refractivity contribution is -0.123. The molecule has 0 atom stereocenters. The smallest absolute Gasteiger partial charge is 0.276 e. The number of benzene rings is 2. The van der Waals surface area contributed by atoms with Crippen molar-refractivity contribution in [2.45, 2.75) is 13.8 Å². The van der Waals surface area contributed by atoms with Crippen LogP contribution in [0.3, 0.4) is 0 Å². The van der Waals surface area contributed by atoms with Gasteiger partial charge in [-0.05, 0) is 37.1 Å². The number of amides is 2. The normalized spacial score (nSPS) is 9.96. The summed E-state index contributed by atoms with van der Waals surface area (Å²) in [5, 5.41) is 0. The Morgan fingerprint density at radius 2 is 1.62 bits per heavy atom. The van der Waals surface area contributed by atoms with E-state index in [1.807, 2.05) is 32.0 Å². The Bertz CT molecular complexity index is 723.